The highest BCUT2D eigenvalue weighted by Crippen LogP contribution is 2.26. The maximum Gasteiger partial charge on any atom is 0.335 e. The standard InChI is InChI=1S/C63H106O12/c1-4-7-10-13-16-19-22-25-27-28-30-32-34-37-40-43-46-49-55(64)71-52-54(73-56(65)50-47-44-41-38-35-31-24-21-18-15-12-9-6-3)53-72-63-61(59(68)58(67)60(75-63)62(69)70)74-57(66)51-48-45-42-39-36-33-29-26-23-20-17-14-11-8-5-2/h7,10,16-17,19-21,24-27,29,54,58-61,63,67-68H,4-6,8-9,11-15,18,22-23,28,30-53H2,1-3H3,(H,69,70)/b10-7-,19-16-,20-17-,24-21-,27-25-,29-26-. The Kier molecular flexibility index (Phi) is 47.0. The van der Waals surface area contributed by atoms with Gasteiger partial charge in [-0.3, -0.25) is 14.4 Å². The van der Waals surface area contributed by atoms with E-state index in [9.17, 15) is 34.5 Å². The van der Waals surface area contributed by atoms with Crippen LogP contribution in [-0.4, -0.2) is 89.2 Å². The van der Waals surface area contributed by atoms with Crippen molar-refractivity contribution in [3.05, 3.63) is 72.9 Å². The van der Waals surface area contributed by atoms with Crippen LogP contribution >= 0.6 is 0 Å². The molecule has 3 N–H and O–H groups in total. The lowest BCUT2D eigenvalue weighted by Gasteiger charge is -2.40. The van der Waals surface area contributed by atoms with Gasteiger partial charge in [0, 0.05) is 19.3 Å². The summed E-state index contributed by atoms with van der Waals surface area (Å²) in [6.45, 7) is 5.82. The van der Waals surface area contributed by atoms with Gasteiger partial charge in [-0.2, -0.15) is 0 Å². The van der Waals surface area contributed by atoms with Gasteiger partial charge in [-0.1, -0.05) is 196 Å². The van der Waals surface area contributed by atoms with Crippen molar-refractivity contribution in [3.8, 4) is 0 Å². The summed E-state index contributed by atoms with van der Waals surface area (Å²) in [6.07, 6.45) is 51.5. The van der Waals surface area contributed by atoms with Crippen LogP contribution in [0.25, 0.3) is 0 Å². The lowest BCUT2D eigenvalue weighted by atomic mass is 9.98. The van der Waals surface area contributed by atoms with Crippen LogP contribution in [0.1, 0.15) is 252 Å². The molecule has 1 rings (SSSR count). The lowest BCUT2D eigenvalue weighted by molar-refractivity contribution is -0.301. The van der Waals surface area contributed by atoms with Crippen LogP contribution < -0.4 is 0 Å². The van der Waals surface area contributed by atoms with Gasteiger partial charge >= 0.3 is 23.9 Å². The van der Waals surface area contributed by atoms with E-state index in [2.05, 4.69) is 93.7 Å². The number of hydrogen-bond donors (Lipinski definition) is 3. The van der Waals surface area contributed by atoms with Crippen LogP contribution in [0, 0.1) is 0 Å². The zero-order valence-electron chi connectivity index (χ0n) is 47.3. The lowest BCUT2D eigenvalue weighted by Crippen LogP contribution is -2.61. The van der Waals surface area contributed by atoms with Gasteiger partial charge in [-0.05, 0) is 109 Å². The monoisotopic (exact) mass is 1050 g/mol. The van der Waals surface area contributed by atoms with Crippen LogP contribution in [0.15, 0.2) is 72.9 Å². The third kappa shape index (κ3) is 41.0. The van der Waals surface area contributed by atoms with Crippen molar-refractivity contribution in [2.24, 2.45) is 0 Å². The first-order chi connectivity index (χ1) is 36.6. The number of aliphatic hydroxyl groups excluding tert-OH is 2. The first-order valence-electron chi connectivity index (χ1n) is 29.9. The zero-order chi connectivity index (χ0) is 54.7. The molecule has 0 aromatic heterocycles. The third-order valence-corrected chi connectivity index (χ3v) is 13.2. The van der Waals surface area contributed by atoms with Crippen LogP contribution in [0.4, 0.5) is 0 Å². The average molecular weight is 1060 g/mol. The van der Waals surface area contributed by atoms with Gasteiger partial charge in [0.15, 0.2) is 24.6 Å². The fourth-order valence-electron chi connectivity index (χ4n) is 8.64. The van der Waals surface area contributed by atoms with E-state index in [1.165, 1.54) is 51.4 Å². The molecular weight excluding hydrogens is 949 g/mol. The molecule has 0 aromatic carbocycles. The number of rotatable bonds is 50. The number of carbonyl (C=O) groups is 4. The Labute approximate surface area is 455 Å². The predicted molar refractivity (Wildman–Crippen MR) is 303 cm³/mol. The second-order valence-corrected chi connectivity index (χ2v) is 20.2. The molecule has 6 atom stereocenters. The second-order valence-electron chi connectivity index (χ2n) is 20.2. The van der Waals surface area contributed by atoms with E-state index < -0.39 is 67.3 Å². The Morgan fingerprint density at radius 3 is 1.32 bits per heavy atom. The SMILES string of the molecule is CC/C=C\C/C=C\C/C=C\CCCCCCCCCC(=O)OCC(COC1OC(C(=O)O)C(O)C(O)C1OC(=O)CCCCCCC/C=C\C/C=C\CCCCC)OC(=O)CCCCCCC/C=C\CCCCCC. The summed E-state index contributed by atoms with van der Waals surface area (Å²) in [5.41, 5.74) is 0. The number of esters is 3. The van der Waals surface area contributed by atoms with Gasteiger partial charge in [0.25, 0.3) is 0 Å². The quantitative estimate of drug-likeness (QED) is 0.0228. The fraction of sp³-hybridized carbons (Fsp3) is 0.746. The van der Waals surface area contributed by atoms with Crippen molar-refractivity contribution < 1.29 is 58.2 Å². The molecule has 0 spiro atoms. The molecule has 0 aromatic rings. The molecule has 0 bridgehead atoms. The molecule has 1 aliphatic rings. The first-order valence-corrected chi connectivity index (χ1v) is 29.9. The van der Waals surface area contributed by atoms with Crippen LogP contribution in [0.3, 0.4) is 0 Å². The molecule has 1 heterocycles. The molecule has 0 aliphatic carbocycles. The number of carbonyl (C=O) groups excluding carboxylic acids is 3. The number of ether oxygens (including phenoxy) is 5. The maximum absolute atomic E-state index is 13.1. The number of aliphatic carboxylic acids is 1. The average Bonchev–Trinajstić information content (AvgIpc) is 3.39. The summed E-state index contributed by atoms with van der Waals surface area (Å²) in [6, 6.07) is 0. The minimum absolute atomic E-state index is 0.0412. The first kappa shape index (κ1) is 69.2. The van der Waals surface area contributed by atoms with Crippen LogP contribution in [0.5, 0.6) is 0 Å². The number of carboxylic acids is 1. The predicted octanol–water partition coefficient (Wildman–Crippen LogP) is 15.3. The molecular formula is C63H106O12. The summed E-state index contributed by atoms with van der Waals surface area (Å²) in [7, 11) is 0. The molecule has 12 nitrogen and oxygen atoms in total. The summed E-state index contributed by atoms with van der Waals surface area (Å²) in [5.74, 6) is -3.16. The minimum atomic E-state index is -1.91. The van der Waals surface area contributed by atoms with Crippen molar-refractivity contribution in [1.82, 2.24) is 0 Å². The summed E-state index contributed by atoms with van der Waals surface area (Å²) < 4.78 is 28.4. The molecule has 1 fully saturated rings. The Balaban J connectivity index is 2.70. The Hall–Kier alpha value is -3.84. The summed E-state index contributed by atoms with van der Waals surface area (Å²) in [4.78, 5) is 51.1. The summed E-state index contributed by atoms with van der Waals surface area (Å²) in [5, 5.41) is 31.5. The van der Waals surface area contributed by atoms with Gasteiger partial charge in [0.1, 0.15) is 18.8 Å². The van der Waals surface area contributed by atoms with E-state index in [1.54, 1.807) is 0 Å². The van der Waals surface area contributed by atoms with Gasteiger partial charge in [-0.15, -0.1) is 0 Å². The number of aliphatic hydroxyl groups is 2. The Morgan fingerprint density at radius 2 is 0.840 bits per heavy atom. The number of unbranched alkanes of at least 4 members (excludes halogenated alkanes) is 24. The Morgan fingerprint density at radius 1 is 0.453 bits per heavy atom. The molecule has 0 radical (unpaired) electrons. The maximum atomic E-state index is 13.1. The third-order valence-electron chi connectivity index (χ3n) is 13.2. The Bertz CT molecular complexity index is 1580. The van der Waals surface area contributed by atoms with Crippen molar-refractivity contribution in [2.75, 3.05) is 13.2 Å². The van der Waals surface area contributed by atoms with Crippen molar-refractivity contribution in [1.29, 1.82) is 0 Å². The highest BCUT2D eigenvalue weighted by Gasteiger charge is 2.50. The van der Waals surface area contributed by atoms with Gasteiger partial charge in [0.2, 0.25) is 0 Å². The van der Waals surface area contributed by atoms with E-state index in [0.29, 0.717) is 19.3 Å². The van der Waals surface area contributed by atoms with Crippen LogP contribution in [0.2, 0.25) is 0 Å². The van der Waals surface area contributed by atoms with E-state index in [-0.39, 0.29) is 25.9 Å². The molecule has 0 saturated carbocycles. The smallest absolute Gasteiger partial charge is 0.335 e. The number of hydrogen-bond acceptors (Lipinski definition) is 11. The molecule has 1 saturated heterocycles. The largest absolute Gasteiger partial charge is 0.479 e. The topological polar surface area (TPSA) is 175 Å². The van der Waals surface area contributed by atoms with Crippen molar-refractivity contribution >= 4 is 23.9 Å². The van der Waals surface area contributed by atoms with E-state index >= 15 is 0 Å². The normalized spacial score (nSPS) is 18.7. The van der Waals surface area contributed by atoms with Gasteiger partial charge < -0.3 is 39.0 Å². The molecule has 0 amide bonds. The van der Waals surface area contributed by atoms with Crippen molar-refractivity contribution in [3.63, 3.8) is 0 Å². The highest BCUT2D eigenvalue weighted by atomic mass is 16.7. The van der Waals surface area contributed by atoms with Gasteiger partial charge in [-0.25, -0.2) is 4.79 Å². The van der Waals surface area contributed by atoms with Crippen molar-refractivity contribution in [2.45, 2.75) is 289 Å². The fourth-order valence-corrected chi connectivity index (χ4v) is 8.64. The van der Waals surface area contributed by atoms with E-state index in [4.69, 9.17) is 23.7 Å². The molecule has 430 valence electrons. The molecule has 1 aliphatic heterocycles. The van der Waals surface area contributed by atoms with E-state index in [0.717, 1.165) is 141 Å². The van der Waals surface area contributed by atoms with Gasteiger partial charge in [0.05, 0.1) is 6.61 Å². The van der Waals surface area contributed by atoms with E-state index in [1.807, 2.05) is 0 Å². The highest BCUT2D eigenvalue weighted by molar-refractivity contribution is 5.74. The molecule has 75 heavy (non-hydrogen) atoms. The van der Waals surface area contributed by atoms with Crippen LogP contribution in [-0.2, 0) is 42.9 Å². The molecule has 6 unspecified atom stereocenters. The number of carboxylic acid groups (broad SMARTS) is 1. The summed E-state index contributed by atoms with van der Waals surface area (Å²) >= 11 is 0. The zero-order valence-corrected chi connectivity index (χ0v) is 47.3. The number of allylic oxidation sites excluding steroid dienone is 12. The minimum Gasteiger partial charge on any atom is -0.479 e. The second kappa shape index (κ2) is 50.9. The molecule has 12 heteroatoms.